The molecule has 0 unspecified atom stereocenters. The zero-order valence-corrected chi connectivity index (χ0v) is 20.5. The van der Waals surface area contributed by atoms with Crippen LogP contribution in [0, 0.1) is 11.6 Å². The molecule has 1 fully saturated rings. The molecule has 1 saturated heterocycles. The summed E-state index contributed by atoms with van der Waals surface area (Å²) in [5.74, 6) is -3.76. The number of esters is 1. The van der Waals surface area contributed by atoms with Gasteiger partial charge in [0.15, 0.2) is 18.1 Å². The Kier molecular flexibility index (Phi) is 8.88. The number of ether oxygens (including phenoxy) is 3. The highest BCUT2D eigenvalue weighted by Gasteiger charge is 2.36. The van der Waals surface area contributed by atoms with E-state index in [9.17, 15) is 28.0 Å². The van der Waals surface area contributed by atoms with Crippen LogP contribution in [0.4, 0.5) is 19.3 Å². The molecule has 9 nitrogen and oxygen atoms in total. The molecule has 0 bridgehead atoms. The largest absolute Gasteiger partial charge is 0.490 e. The van der Waals surface area contributed by atoms with Crippen molar-refractivity contribution in [2.45, 2.75) is 6.92 Å². The minimum Gasteiger partial charge on any atom is -0.490 e. The highest BCUT2D eigenvalue weighted by atomic mass is 35.5. The molecule has 3 rings (SSSR count). The van der Waals surface area contributed by atoms with Crippen LogP contribution in [0.3, 0.4) is 0 Å². The smallest absolute Gasteiger partial charge is 0.343 e. The van der Waals surface area contributed by atoms with Crippen molar-refractivity contribution in [1.29, 1.82) is 0 Å². The Morgan fingerprint density at radius 1 is 1.17 bits per heavy atom. The topological polar surface area (TPSA) is 111 Å². The quantitative estimate of drug-likeness (QED) is 0.371. The molecule has 13 heteroatoms. The molecule has 0 spiro atoms. The van der Waals surface area contributed by atoms with Crippen molar-refractivity contribution in [2.75, 3.05) is 32.2 Å². The number of nitrogens with zero attached hydrogens (tertiary/aromatic N) is 1. The van der Waals surface area contributed by atoms with Gasteiger partial charge in [-0.15, -0.1) is 0 Å². The maximum Gasteiger partial charge on any atom is 0.343 e. The highest BCUT2D eigenvalue weighted by molar-refractivity contribution is 8.18. The molecule has 190 valence electrons. The maximum absolute atomic E-state index is 13.8. The van der Waals surface area contributed by atoms with E-state index >= 15 is 0 Å². The lowest BCUT2D eigenvalue weighted by molar-refractivity contribution is -0.143. The standard InChI is InChI=1S/C23H19ClF2N2O7S/c1-3-34-17-7-12(6-14(24)21(17)35-11-20(30)33-2)8-18-22(31)28(23(32)36-18)10-19(29)27-16-5-4-13(25)9-15(16)26/h4-9H,3,10-11H2,1-2H3,(H,27,29)/b18-8-. The number of benzene rings is 2. The fourth-order valence-corrected chi connectivity index (χ4v) is 4.09. The van der Waals surface area contributed by atoms with E-state index in [0.29, 0.717) is 28.3 Å². The lowest BCUT2D eigenvalue weighted by Crippen LogP contribution is -2.36. The molecule has 1 N–H and O–H groups in total. The average Bonchev–Trinajstić information content (AvgIpc) is 3.07. The predicted octanol–water partition coefficient (Wildman–Crippen LogP) is 4.24. The predicted molar refractivity (Wildman–Crippen MR) is 128 cm³/mol. The zero-order valence-electron chi connectivity index (χ0n) is 18.9. The number of methoxy groups -OCH3 is 1. The average molecular weight is 541 g/mol. The van der Waals surface area contributed by atoms with Crippen molar-refractivity contribution in [1.82, 2.24) is 4.90 Å². The molecule has 0 radical (unpaired) electrons. The fraction of sp³-hybridized carbons (Fsp3) is 0.217. The van der Waals surface area contributed by atoms with Gasteiger partial charge >= 0.3 is 5.97 Å². The van der Waals surface area contributed by atoms with Crippen molar-refractivity contribution in [2.24, 2.45) is 0 Å². The third-order valence-electron chi connectivity index (χ3n) is 4.57. The fourth-order valence-electron chi connectivity index (χ4n) is 2.98. The summed E-state index contributed by atoms with van der Waals surface area (Å²) in [7, 11) is 1.21. The summed E-state index contributed by atoms with van der Waals surface area (Å²) in [4.78, 5) is 49.5. The first-order valence-corrected chi connectivity index (χ1v) is 11.5. The second kappa shape index (κ2) is 11.9. The van der Waals surface area contributed by atoms with Crippen LogP contribution in [0.25, 0.3) is 6.08 Å². The van der Waals surface area contributed by atoms with Gasteiger partial charge in [-0.1, -0.05) is 11.6 Å². The summed E-state index contributed by atoms with van der Waals surface area (Å²) in [5.41, 5.74) is 0.0914. The lowest BCUT2D eigenvalue weighted by Gasteiger charge is -2.14. The maximum atomic E-state index is 13.8. The monoisotopic (exact) mass is 540 g/mol. The molecule has 2 aromatic rings. The molecular formula is C23H19ClF2N2O7S. The van der Waals surface area contributed by atoms with Crippen LogP contribution in [-0.2, 0) is 19.1 Å². The second-order valence-corrected chi connectivity index (χ2v) is 8.47. The van der Waals surface area contributed by atoms with Crippen LogP contribution in [0.5, 0.6) is 11.5 Å². The number of nitrogens with one attached hydrogen (secondary N) is 1. The van der Waals surface area contributed by atoms with Gasteiger partial charge in [-0.25, -0.2) is 13.6 Å². The summed E-state index contributed by atoms with van der Waals surface area (Å²) < 4.78 is 42.2. The number of thioether (sulfide) groups is 1. The Morgan fingerprint density at radius 2 is 1.92 bits per heavy atom. The summed E-state index contributed by atoms with van der Waals surface area (Å²) in [6.07, 6.45) is 1.38. The number of rotatable bonds is 9. The van der Waals surface area contributed by atoms with Crippen molar-refractivity contribution in [3.8, 4) is 11.5 Å². The summed E-state index contributed by atoms with van der Waals surface area (Å²) >= 11 is 6.88. The van der Waals surface area contributed by atoms with Crippen molar-refractivity contribution < 1.29 is 42.2 Å². The lowest BCUT2D eigenvalue weighted by atomic mass is 10.1. The number of hydrogen-bond donors (Lipinski definition) is 1. The van der Waals surface area contributed by atoms with Crippen LogP contribution in [0.2, 0.25) is 5.02 Å². The summed E-state index contributed by atoms with van der Waals surface area (Å²) in [6.45, 7) is 0.885. The molecule has 0 aromatic heterocycles. The second-order valence-electron chi connectivity index (χ2n) is 7.07. The van der Waals surface area contributed by atoms with E-state index in [1.807, 2.05) is 0 Å². The van der Waals surface area contributed by atoms with Crippen molar-refractivity contribution in [3.63, 3.8) is 0 Å². The van der Waals surface area contributed by atoms with E-state index in [4.69, 9.17) is 21.1 Å². The van der Waals surface area contributed by atoms with E-state index in [2.05, 4.69) is 10.1 Å². The number of imide groups is 1. The van der Waals surface area contributed by atoms with E-state index in [-0.39, 0.29) is 33.7 Å². The Labute approximate surface area is 213 Å². The van der Waals surface area contributed by atoms with Crippen molar-refractivity contribution in [3.05, 3.63) is 57.5 Å². The molecule has 0 saturated carbocycles. The molecule has 0 aliphatic carbocycles. The van der Waals surface area contributed by atoms with E-state index in [0.717, 1.165) is 12.1 Å². The Bertz CT molecular complexity index is 1260. The zero-order chi connectivity index (χ0) is 26.4. The molecule has 36 heavy (non-hydrogen) atoms. The van der Waals surface area contributed by atoms with E-state index < -0.39 is 47.8 Å². The van der Waals surface area contributed by atoms with E-state index in [1.54, 1.807) is 6.92 Å². The van der Waals surface area contributed by atoms with Gasteiger partial charge in [0.25, 0.3) is 11.1 Å². The normalized spacial score (nSPS) is 14.2. The Balaban J connectivity index is 1.76. The van der Waals surface area contributed by atoms with Crippen LogP contribution >= 0.6 is 23.4 Å². The first kappa shape index (κ1) is 27.0. The van der Waals surface area contributed by atoms with Crippen molar-refractivity contribution >= 4 is 58.1 Å². The molecule has 1 aliphatic heterocycles. The Morgan fingerprint density at radius 3 is 2.58 bits per heavy atom. The van der Waals surface area contributed by atoms with Crippen LogP contribution in [0.1, 0.15) is 12.5 Å². The molecule has 0 atom stereocenters. The Hall–Kier alpha value is -3.64. The third kappa shape index (κ3) is 6.52. The van der Waals surface area contributed by atoms with Gasteiger partial charge in [-0.05, 0) is 54.6 Å². The number of amides is 3. The third-order valence-corrected chi connectivity index (χ3v) is 5.76. The number of carbonyl (C=O) groups is 4. The highest BCUT2D eigenvalue weighted by Crippen LogP contribution is 2.39. The molecule has 1 heterocycles. The minimum absolute atomic E-state index is 0.00232. The van der Waals surface area contributed by atoms with Gasteiger partial charge in [0.2, 0.25) is 5.91 Å². The van der Waals surface area contributed by atoms with E-state index in [1.165, 1.54) is 25.3 Å². The van der Waals surface area contributed by atoms with Gasteiger partial charge < -0.3 is 19.5 Å². The first-order valence-electron chi connectivity index (χ1n) is 10.3. The SMILES string of the molecule is CCOc1cc(/C=C2\SC(=O)N(CC(=O)Nc3ccc(F)cc3F)C2=O)cc(Cl)c1OCC(=O)OC. The van der Waals surface area contributed by atoms with Gasteiger partial charge in [0.05, 0.1) is 29.3 Å². The van der Waals surface area contributed by atoms with Gasteiger partial charge in [-0.2, -0.15) is 0 Å². The molecule has 2 aromatic carbocycles. The van der Waals surface area contributed by atoms with Crippen LogP contribution < -0.4 is 14.8 Å². The molecule has 3 amide bonds. The van der Waals surface area contributed by atoms with Gasteiger partial charge in [0.1, 0.15) is 18.2 Å². The molecular weight excluding hydrogens is 522 g/mol. The summed E-state index contributed by atoms with van der Waals surface area (Å²) in [6, 6.07) is 5.50. The number of anilines is 1. The van der Waals surface area contributed by atoms with Crippen LogP contribution in [0.15, 0.2) is 35.2 Å². The number of halogens is 3. The first-order chi connectivity index (χ1) is 17.1. The number of hydrogen-bond acceptors (Lipinski definition) is 8. The van der Waals surface area contributed by atoms with Gasteiger partial charge in [-0.3, -0.25) is 19.3 Å². The number of carbonyl (C=O) groups excluding carboxylic acids is 4. The van der Waals surface area contributed by atoms with Crippen LogP contribution in [-0.4, -0.2) is 54.8 Å². The van der Waals surface area contributed by atoms with Gasteiger partial charge in [0, 0.05) is 6.07 Å². The minimum atomic E-state index is -1.00. The summed E-state index contributed by atoms with van der Waals surface area (Å²) in [5, 5.41) is 1.56. The molecule has 1 aliphatic rings.